The summed E-state index contributed by atoms with van der Waals surface area (Å²) in [7, 11) is 0. The van der Waals surface area contributed by atoms with Crippen LogP contribution in [0.3, 0.4) is 0 Å². The number of rotatable bonds is 0. The van der Waals surface area contributed by atoms with Crippen LogP contribution in [0.2, 0.25) is 0 Å². The van der Waals surface area contributed by atoms with Crippen molar-refractivity contribution < 1.29 is 9.52 Å². The molecule has 94 valence electrons. The predicted molar refractivity (Wildman–Crippen MR) is 69.7 cm³/mol. The maximum absolute atomic E-state index is 11.2. The Hall–Kier alpha value is -1.61. The van der Waals surface area contributed by atoms with Crippen LogP contribution >= 0.6 is 0 Å². The summed E-state index contributed by atoms with van der Waals surface area (Å²) < 4.78 is 5.20. The zero-order valence-electron chi connectivity index (χ0n) is 10.2. The minimum absolute atomic E-state index is 0.281. The van der Waals surface area contributed by atoms with Gasteiger partial charge in [0, 0.05) is 11.5 Å². The first-order valence-electron chi connectivity index (χ1n) is 6.46. The first kappa shape index (κ1) is 11.5. The Labute approximate surface area is 105 Å². The van der Waals surface area contributed by atoms with Crippen molar-refractivity contribution in [2.45, 2.75) is 38.2 Å². The normalized spacial score (nSPS) is 20.2. The number of hydrogen-bond acceptors (Lipinski definition) is 3. The summed E-state index contributed by atoms with van der Waals surface area (Å²) in [5.74, 6) is 0. The third-order valence-electron chi connectivity index (χ3n) is 3.63. The lowest BCUT2D eigenvalue weighted by Crippen LogP contribution is -2.14. The van der Waals surface area contributed by atoms with Crippen molar-refractivity contribution in [2.24, 2.45) is 0 Å². The van der Waals surface area contributed by atoms with E-state index in [2.05, 4.69) is 6.07 Å². The van der Waals surface area contributed by atoms with Crippen molar-refractivity contribution in [3.8, 4) is 0 Å². The van der Waals surface area contributed by atoms with E-state index in [0.717, 1.165) is 36.6 Å². The zero-order valence-corrected chi connectivity index (χ0v) is 10.2. The Morgan fingerprint density at radius 3 is 2.94 bits per heavy atom. The second-order valence-corrected chi connectivity index (χ2v) is 5.02. The molecule has 1 aliphatic rings. The van der Waals surface area contributed by atoms with Crippen molar-refractivity contribution in [2.75, 3.05) is 0 Å². The van der Waals surface area contributed by atoms with E-state index in [1.807, 2.05) is 6.07 Å². The molecule has 0 aliphatic heterocycles. The van der Waals surface area contributed by atoms with Gasteiger partial charge >= 0.3 is 5.63 Å². The lowest BCUT2D eigenvalue weighted by molar-refractivity contribution is 0.159. The fourth-order valence-electron chi connectivity index (χ4n) is 2.68. The second kappa shape index (κ2) is 4.58. The summed E-state index contributed by atoms with van der Waals surface area (Å²) in [4.78, 5) is 11.2. The molecule has 3 nitrogen and oxygen atoms in total. The van der Waals surface area contributed by atoms with Crippen molar-refractivity contribution in [3.63, 3.8) is 0 Å². The minimum Gasteiger partial charge on any atom is -0.423 e. The van der Waals surface area contributed by atoms with Gasteiger partial charge in [0.1, 0.15) is 5.58 Å². The highest BCUT2D eigenvalue weighted by Crippen LogP contribution is 2.25. The zero-order chi connectivity index (χ0) is 12.5. The molecule has 1 aliphatic carbocycles. The molecule has 1 aromatic carbocycles. The average Bonchev–Trinajstić information content (AvgIpc) is 2.32. The van der Waals surface area contributed by atoms with Gasteiger partial charge in [0.15, 0.2) is 0 Å². The molecule has 1 heterocycles. The summed E-state index contributed by atoms with van der Waals surface area (Å²) in [6.45, 7) is 0. The van der Waals surface area contributed by atoms with E-state index in [0.29, 0.717) is 12.0 Å². The van der Waals surface area contributed by atoms with Crippen LogP contribution in [-0.2, 0) is 12.8 Å². The molecule has 2 aromatic rings. The molecule has 1 atom stereocenters. The van der Waals surface area contributed by atoms with Crippen LogP contribution < -0.4 is 5.63 Å². The number of aliphatic hydroxyl groups excluding tert-OH is 1. The van der Waals surface area contributed by atoms with Gasteiger partial charge in [-0.3, -0.25) is 0 Å². The molecular weight excluding hydrogens is 228 g/mol. The van der Waals surface area contributed by atoms with Gasteiger partial charge < -0.3 is 9.52 Å². The standard InChI is InChI=1S/C15H16O3/c16-13-4-2-1-3-10-7-11-5-6-15(17)18-14(11)9-12(10)8-13/h5-7,9,13,16H,1-4,8H2. The molecule has 1 unspecified atom stereocenters. The van der Waals surface area contributed by atoms with Crippen molar-refractivity contribution in [3.05, 3.63) is 45.8 Å². The molecular formula is C15H16O3. The van der Waals surface area contributed by atoms with Crippen LogP contribution in [0.1, 0.15) is 30.4 Å². The fraction of sp³-hybridized carbons (Fsp3) is 0.400. The lowest BCUT2D eigenvalue weighted by atomic mass is 9.91. The molecule has 3 rings (SSSR count). The third-order valence-corrected chi connectivity index (χ3v) is 3.63. The van der Waals surface area contributed by atoms with E-state index >= 15 is 0 Å². The van der Waals surface area contributed by atoms with Gasteiger partial charge in [-0.2, -0.15) is 0 Å². The Balaban J connectivity index is 2.15. The highest BCUT2D eigenvalue weighted by atomic mass is 16.4. The van der Waals surface area contributed by atoms with Crippen LogP contribution in [0.15, 0.2) is 33.5 Å². The first-order valence-corrected chi connectivity index (χ1v) is 6.46. The maximum atomic E-state index is 11.2. The number of fused-ring (bicyclic) bond motifs is 2. The van der Waals surface area contributed by atoms with Gasteiger partial charge in [0.2, 0.25) is 0 Å². The molecule has 0 fully saturated rings. The SMILES string of the molecule is O=c1ccc2cc3c(cc2o1)CC(O)CCCC3. The molecule has 1 aromatic heterocycles. The van der Waals surface area contributed by atoms with Gasteiger partial charge in [-0.05, 0) is 55.0 Å². The molecule has 0 saturated carbocycles. The quantitative estimate of drug-likeness (QED) is 0.724. The molecule has 1 N–H and O–H groups in total. The van der Waals surface area contributed by atoms with E-state index in [4.69, 9.17) is 4.42 Å². The van der Waals surface area contributed by atoms with Gasteiger partial charge in [0.25, 0.3) is 0 Å². The predicted octanol–water partition coefficient (Wildman–Crippen LogP) is 2.42. The van der Waals surface area contributed by atoms with E-state index in [1.54, 1.807) is 6.07 Å². The Kier molecular flexibility index (Phi) is 2.92. The average molecular weight is 244 g/mol. The molecule has 0 amide bonds. The fourth-order valence-corrected chi connectivity index (χ4v) is 2.68. The largest absolute Gasteiger partial charge is 0.423 e. The monoisotopic (exact) mass is 244 g/mol. The van der Waals surface area contributed by atoms with Crippen molar-refractivity contribution >= 4 is 11.0 Å². The summed E-state index contributed by atoms with van der Waals surface area (Å²) in [5.41, 5.74) is 2.68. The van der Waals surface area contributed by atoms with Gasteiger partial charge in [0.05, 0.1) is 6.10 Å². The minimum atomic E-state index is -0.325. The van der Waals surface area contributed by atoms with Gasteiger partial charge in [-0.15, -0.1) is 0 Å². The first-order chi connectivity index (χ1) is 8.72. The van der Waals surface area contributed by atoms with Crippen LogP contribution in [-0.4, -0.2) is 11.2 Å². The van der Waals surface area contributed by atoms with E-state index in [-0.39, 0.29) is 11.7 Å². The highest BCUT2D eigenvalue weighted by Gasteiger charge is 2.14. The number of hydrogen-bond donors (Lipinski definition) is 1. The van der Waals surface area contributed by atoms with Crippen LogP contribution in [0.4, 0.5) is 0 Å². The topological polar surface area (TPSA) is 50.4 Å². The van der Waals surface area contributed by atoms with Crippen molar-refractivity contribution in [1.29, 1.82) is 0 Å². The van der Waals surface area contributed by atoms with Crippen LogP contribution in [0.5, 0.6) is 0 Å². The smallest absolute Gasteiger partial charge is 0.336 e. The maximum Gasteiger partial charge on any atom is 0.336 e. The van der Waals surface area contributed by atoms with E-state index in [1.165, 1.54) is 11.6 Å². The Morgan fingerprint density at radius 2 is 2.06 bits per heavy atom. The van der Waals surface area contributed by atoms with Crippen LogP contribution in [0.25, 0.3) is 11.0 Å². The highest BCUT2D eigenvalue weighted by molar-refractivity contribution is 5.78. The number of aryl methyl sites for hydroxylation is 1. The Bertz CT molecular complexity index is 627. The van der Waals surface area contributed by atoms with Gasteiger partial charge in [-0.25, -0.2) is 4.79 Å². The lowest BCUT2D eigenvalue weighted by Gasteiger charge is -2.18. The Morgan fingerprint density at radius 1 is 1.17 bits per heavy atom. The molecule has 0 radical (unpaired) electrons. The summed E-state index contributed by atoms with van der Waals surface area (Å²) >= 11 is 0. The molecule has 3 heteroatoms. The van der Waals surface area contributed by atoms with Crippen molar-refractivity contribution in [1.82, 2.24) is 0 Å². The van der Waals surface area contributed by atoms with E-state index < -0.39 is 0 Å². The summed E-state index contributed by atoms with van der Waals surface area (Å²) in [5, 5.41) is 10.9. The molecule has 0 spiro atoms. The second-order valence-electron chi connectivity index (χ2n) is 5.02. The van der Waals surface area contributed by atoms with Gasteiger partial charge in [-0.1, -0.05) is 6.42 Å². The number of aliphatic hydroxyl groups is 1. The van der Waals surface area contributed by atoms with Crippen LogP contribution in [0, 0.1) is 0 Å². The third kappa shape index (κ3) is 2.18. The van der Waals surface area contributed by atoms with E-state index in [9.17, 15) is 9.90 Å². The summed E-state index contributed by atoms with van der Waals surface area (Å²) in [6, 6.07) is 7.26. The number of benzene rings is 1. The molecule has 0 saturated heterocycles. The molecule has 0 bridgehead atoms. The summed E-state index contributed by atoms with van der Waals surface area (Å²) in [6.07, 6.45) is 4.45. The molecule has 18 heavy (non-hydrogen) atoms.